The van der Waals surface area contributed by atoms with Gasteiger partial charge in [-0.1, -0.05) is 6.42 Å². The number of rotatable bonds is 1. The summed E-state index contributed by atoms with van der Waals surface area (Å²) in [7, 11) is 0. The average Bonchev–Trinajstić information content (AvgIpc) is 3.00. The third kappa shape index (κ3) is 1.43. The minimum atomic E-state index is 0.368. The van der Waals surface area contributed by atoms with Gasteiger partial charge in [0.1, 0.15) is 11.6 Å². The number of pyridine rings is 1. The van der Waals surface area contributed by atoms with Crippen molar-refractivity contribution in [3.63, 3.8) is 0 Å². The van der Waals surface area contributed by atoms with Crippen molar-refractivity contribution in [1.29, 1.82) is 0 Å². The topological polar surface area (TPSA) is 79.6 Å². The van der Waals surface area contributed by atoms with Gasteiger partial charge >= 0.3 is 0 Å². The lowest BCUT2D eigenvalue weighted by molar-refractivity contribution is 0.410. The maximum Gasteiger partial charge on any atom is 0.179 e. The van der Waals surface area contributed by atoms with Crippen LogP contribution in [0.2, 0.25) is 0 Å². The van der Waals surface area contributed by atoms with Crippen molar-refractivity contribution in [3.05, 3.63) is 18.0 Å². The molecule has 18 heavy (non-hydrogen) atoms. The van der Waals surface area contributed by atoms with E-state index in [0.29, 0.717) is 11.9 Å². The van der Waals surface area contributed by atoms with Gasteiger partial charge in [0, 0.05) is 0 Å². The third-order valence-electron chi connectivity index (χ3n) is 4.43. The van der Waals surface area contributed by atoms with Gasteiger partial charge in [0.15, 0.2) is 5.65 Å². The molecule has 1 saturated carbocycles. The van der Waals surface area contributed by atoms with E-state index in [2.05, 4.69) is 20.3 Å². The molecule has 4 N–H and O–H groups in total. The van der Waals surface area contributed by atoms with E-state index in [1.165, 1.54) is 19.3 Å². The first-order valence-electron chi connectivity index (χ1n) is 6.67. The fourth-order valence-electron chi connectivity index (χ4n) is 3.56. The van der Waals surface area contributed by atoms with Crippen molar-refractivity contribution in [2.75, 3.05) is 12.3 Å². The Morgan fingerprint density at radius 3 is 3.11 bits per heavy atom. The summed E-state index contributed by atoms with van der Waals surface area (Å²) in [5, 5.41) is 3.60. The Morgan fingerprint density at radius 2 is 2.17 bits per heavy atom. The number of nitrogens with two attached hydrogens (primary N) is 1. The molecule has 3 unspecified atom stereocenters. The molecule has 2 aliphatic rings. The zero-order chi connectivity index (χ0) is 12.1. The number of fused-ring (bicyclic) bond motifs is 2. The molecule has 2 aromatic rings. The highest BCUT2D eigenvalue weighted by Gasteiger charge is 2.40. The smallest absolute Gasteiger partial charge is 0.179 e. The zero-order valence-electron chi connectivity index (χ0n) is 10.2. The van der Waals surface area contributed by atoms with Crippen molar-refractivity contribution in [2.45, 2.75) is 25.3 Å². The maximum atomic E-state index is 5.69. The lowest BCUT2D eigenvalue weighted by atomic mass is 9.94. The summed E-state index contributed by atoms with van der Waals surface area (Å²) in [6.45, 7) is 1.13. The predicted octanol–water partition coefficient (Wildman–Crippen LogP) is 1.60. The molecule has 3 atom stereocenters. The monoisotopic (exact) mass is 243 g/mol. The molecular formula is C13H17N5. The molecule has 5 nitrogen and oxygen atoms in total. The molecule has 3 heterocycles. The molecule has 4 rings (SSSR count). The number of nitrogen functional groups attached to an aromatic ring is 1. The average molecular weight is 243 g/mol. The Balaban J connectivity index is 1.74. The van der Waals surface area contributed by atoms with Gasteiger partial charge < -0.3 is 16.0 Å². The van der Waals surface area contributed by atoms with Crippen molar-refractivity contribution < 1.29 is 0 Å². The van der Waals surface area contributed by atoms with Crippen LogP contribution in [0.15, 0.2) is 12.1 Å². The highest BCUT2D eigenvalue weighted by Crippen LogP contribution is 2.43. The van der Waals surface area contributed by atoms with Gasteiger partial charge in [0.05, 0.1) is 11.6 Å². The Morgan fingerprint density at radius 1 is 1.22 bits per heavy atom. The number of anilines is 1. The summed E-state index contributed by atoms with van der Waals surface area (Å²) >= 11 is 0. The molecule has 0 aromatic carbocycles. The van der Waals surface area contributed by atoms with Crippen molar-refractivity contribution in [3.8, 4) is 0 Å². The quantitative estimate of drug-likeness (QED) is 0.710. The molecule has 94 valence electrons. The Bertz CT molecular complexity index is 590. The van der Waals surface area contributed by atoms with Crippen LogP contribution in [-0.4, -0.2) is 21.5 Å². The molecule has 1 saturated heterocycles. The van der Waals surface area contributed by atoms with E-state index in [9.17, 15) is 0 Å². The van der Waals surface area contributed by atoms with E-state index < -0.39 is 0 Å². The maximum absolute atomic E-state index is 5.69. The molecule has 0 spiro atoms. The van der Waals surface area contributed by atoms with Gasteiger partial charge in [0.25, 0.3) is 0 Å². The van der Waals surface area contributed by atoms with Gasteiger partial charge in [-0.05, 0) is 43.4 Å². The first-order valence-corrected chi connectivity index (χ1v) is 6.67. The summed E-state index contributed by atoms with van der Waals surface area (Å²) in [6, 6.07) is 4.13. The second kappa shape index (κ2) is 3.68. The molecule has 2 fully saturated rings. The minimum Gasteiger partial charge on any atom is -0.384 e. The Labute approximate surface area is 105 Å². The summed E-state index contributed by atoms with van der Waals surface area (Å²) in [5.74, 6) is 3.13. The van der Waals surface area contributed by atoms with Crippen molar-refractivity contribution in [2.24, 2.45) is 11.8 Å². The van der Waals surface area contributed by atoms with Crippen LogP contribution in [0.5, 0.6) is 0 Å². The van der Waals surface area contributed by atoms with Crippen LogP contribution in [0.1, 0.15) is 31.1 Å². The number of aromatic amines is 1. The van der Waals surface area contributed by atoms with Gasteiger partial charge in [-0.15, -0.1) is 0 Å². The predicted molar refractivity (Wildman–Crippen MR) is 69.9 cm³/mol. The summed E-state index contributed by atoms with van der Waals surface area (Å²) in [4.78, 5) is 12.3. The van der Waals surface area contributed by atoms with Gasteiger partial charge in [-0.25, -0.2) is 9.97 Å². The van der Waals surface area contributed by atoms with E-state index in [4.69, 9.17) is 5.73 Å². The van der Waals surface area contributed by atoms with Crippen LogP contribution in [0.25, 0.3) is 11.2 Å². The number of hydrogen-bond acceptors (Lipinski definition) is 4. The largest absolute Gasteiger partial charge is 0.384 e. The number of H-pyrrole nitrogens is 1. The highest BCUT2D eigenvalue weighted by molar-refractivity contribution is 5.72. The number of nitrogens with zero attached hydrogens (tertiary/aromatic N) is 2. The van der Waals surface area contributed by atoms with Crippen LogP contribution >= 0.6 is 0 Å². The van der Waals surface area contributed by atoms with Crippen LogP contribution in [0.3, 0.4) is 0 Å². The molecule has 2 aromatic heterocycles. The standard InChI is InChI=1S/C13H17N5/c14-10-5-4-9-12(17-10)18-13(16-9)11-8-3-1-2-7(8)6-15-11/h4-5,7-8,11,15H,1-3,6H2,(H3,14,16,17,18). The second-order valence-electron chi connectivity index (χ2n) is 5.47. The fourth-order valence-corrected chi connectivity index (χ4v) is 3.56. The van der Waals surface area contributed by atoms with Crippen molar-refractivity contribution >= 4 is 17.0 Å². The summed E-state index contributed by atoms with van der Waals surface area (Å²) < 4.78 is 0. The van der Waals surface area contributed by atoms with E-state index >= 15 is 0 Å². The Kier molecular flexibility index (Phi) is 2.11. The number of aromatic nitrogens is 3. The minimum absolute atomic E-state index is 0.368. The number of imidazole rings is 1. The molecule has 0 radical (unpaired) electrons. The zero-order valence-corrected chi connectivity index (χ0v) is 10.2. The molecular weight excluding hydrogens is 226 g/mol. The lowest BCUT2D eigenvalue weighted by Crippen LogP contribution is -2.19. The van der Waals surface area contributed by atoms with Crippen LogP contribution in [0, 0.1) is 11.8 Å². The lowest BCUT2D eigenvalue weighted by Gasteiger charge is -2.15. The van der Waals surface area contributed by atoms with E-state index in [0.717, 1.165) is 35.4 Å². The first-order chi connectivity index (χ1) is 8.81. The van der Waals surface area contributed by atoms with Gasteiger partial charge in [0.2, 0.25) is 0 Å². The summed E-state index contributed by atoms with van der Waals surface area (Å²) in [5.41, 5.74) is 7.40. The van der Waals surface area contributed by atoms with Crippen LogP contribution in [-0.2, 0) is 0 Å². The first kappa shape index (κ1) is 10.3. The van der Waals surface area contributed by atoms with Crippen molar-refractivity contribution in [1.82, 2.24) is 20.3 Å². The molecule has 0 amide bonds. The fraction of sp³-hybridized carbons (Fsp3) is 0.538. The number of nitrogens with one attached hydrogen (secondary N) is 2. The van der Waals surface area contributed by atoms with Gasteiger partial charge in [-0.2, -0.15) is 0 Å². The molecule has 1 aliphatic heterocycles. The number of hydrogen-bond donors (Lipinski definition) is 3. The summed E-state index contributed by atoms with van der Waals surface area (Å²) in [6.07, 6.45) is 4.04. The van der Waals surface area contributed by atoms with E-state index in [1.54, 1.807) is 0 Å². The van der Waals surface area contributed by atoms with E-state index in [1.807, 2.05) is 12.1 Å². The normalized spacial score (nSPS) is 31.0. The van der Waals surface area contributed by atoms with Crippen LogP contribution < -0.4 is 11.1 Å². The third-order valence-corrected chi connectivity index (χ3v) is 4.43. The molecule has 0 bridgehead atoms. The van der Waals surface area contributed by atoms with E-state index in [-0.39, 0.29) is 0 Å². The van der Waals surface area contributed by atoms with Crippen LogP contribution in [0.4, 0.5) is 5.82 Å². The highest BCUT2D eigenvalue weighted by atomic mass is 15.1. The molecule has 5 heteroatoms. The van der Waals surface area contributed by atoms with Gasteiger partial charge in [-0.3, -0.25) is 0 Å². The molecule has 1 aliphatic carbocycles. The SMILES string of the molecule is Nc1ccc2[nH]c(C3NCC4CCCC43)nc2n1. The Hall–Kier alpha value is -1.62. The second-order valence-corrected chi connectivity index (χ2v) is 5.47.